The fourth-order valence-corrected chi connectivity index (χ4v) is 7.08. The number of hydrogen-bond acceptors (Lipinski definition) is 8. The van der Waals surface area contributed by atoms with E-state index in [4.69, 9.17) is 15.0 Å². The summed E-state index contributed by atoms with van der Waals surface area (Å²) in [6.45, 7) is 1.73. The number of hydrogen-bond donors (Lipinski definition) is 2. The summed E-state index contributed by atoms with van der Waals surface area (Å²) < 4.78 is 12.6. The number of aromatic nitrogens is 3. The second-order valence-corrected chi connectivity index (χ2v) is 11.4. The van der Waals surface area contributed by atoms with Crippen LogP contribution < -0.4 is 10.2 Å². The molecule has 29 heavy (non-hydrogen) atoms. The molecule has 0 saturated heterocycles. The molecule has 7 nitrogen and oxygen atoms in total. The molecule has 0 spiro atoms. The maximum absolute atomic E-state index is 12.6. The lowest BCUT2D eigenvalue weighted by Crippen LogP contribution is -2.48. The largest absolute Gasteiger partial charge is 0.394 e. The Morgan fingerprint density at radius 3 is 2.79 bits per heavy atom. The molecule has 1 atom stereocenters. The molecule has 2 aromatic rings. The van der Waals surface area contributed by atoms with Crippen molar-refractivity contribution < 1.29 is 9.32 Å². The highest BCUT2D eigenvalue weighted by atomic mass is 32.2. The second kappa shape index (κ2) is 6.72. The molecule has 6 rings (SSSR count). The molecule has 4 aliphatic rings. The first-order chi connectivity index (χ1) is 14.1. The van der Waals surface area contributed by atoms with Gasteiger partial charge in [-0.1, -0.05) is 0 Å². The van der Waals surface area contributed by atoms with Crippen LogP contribution in [0.5, 0.6) is 0 Å². The third-order valence-electron chi connectivity index (χ3n) is 6.63. The molecule has 0 aromatic carbocycles. The second-order valence-electron chi connectivity index (χ2n) is 8.73. The van der Waals surface area contributed by atoms with E-state index in [1.165, 1.54) is 28.4 Å². The third-order valence-corrected chi connectivity index (χ3v) is 9.33. The average molecular weight is 432 g/mol. The first kappa shape index (κ1) is 18.2. The lowest BCUT2D eigenvalue weighted by molar-refractivity contribution is 0.143. The molecule has 154 valence electrons. The van der Waals surface area contributed by atoms with E-state index in [1.807, 2.05) is 11.3 Å². The van der Waals surface area contributed by atoms with Crippen molar-refractivity contribution in [3.8, 4) is 0 Å². The lowest BCUT2D eigenvalue weighted by atomic mass is 9.77. The Bertz CT molecular complexity index is 993. The van der Waals surface area contributed by atoms with Crippen LogP contribution in [0.1, 0.15) is 59.3 Å². The normalized spacial score (nSPS) is 24.7. The summed E-state index contributed by atoms with van der Waals surface area (Å²) in [5, 5.41) is 14.7. The highest BCUT2D eigenvalue weighted by Gasteiger charge is 2.39. The molecule has 0 radical (unpaired) electrons. The summed E-state index contributed by atoms with van der Waals surface area (Å²) in [5.41, 5.74) is 1.83. The van der Waals surface area contributed by atoms with Gasteiger partial charge in [0.2, 0.25) is 5.95 Å². The number of nitrogens with zero attached hydrogens (tertiary/aromatic N) is 4. The minimum absolute atomic E-state index is 0.0750. The first-order valence-corrected chi connectivity index (χ1v) is 12.7. The van der Waals surface area contributed by atoms with Gasteiger partial charge in [0.25, 0.3) is 0 Å². The van der Waals surface area contributed by atoms with Crippen molar-refractivity contribution in [2.24, 2.45) is 0 Å². The predicted molar refractivity (Wildman–Crippen MR) is 113 cm³/mol. The third kappa shape index (κ3) is 3.09. The maximum Gasteiger partial charge on any atom is 0.227 e. The van der Waals surface area contributed by atoms with Crippen molar-refractivity contribution >= 4 is 33.9 Å². The van der Waals surface area contributed by atoms with E-state index >= 15 is 0 Å². The van der Waals surface area contributed by atoms with Gasteiger partial charge in [-0.2, -0.15) is 4.98 Å². The van der Waals surface area contributed by atoms with Gasteiger partial charge in [-0.05, 0) is 32.1 Å². The van der Waals surface area contributed by atoms with Crippen molar-refractivity contribution in [2.45, 2.75) is 67.8 Å². The van der Waals surface area contributed by atoms with Crippen molar-refractivity contribution in [3.05, 3.63) is 21.3 Å². The van der Waals surface area contributed by atoms with Crippen LogP contribution in [-0.2, 0) is 30.2 Å². The van der Waals surface area contributed by atoms with Gasteiger partial charge in [0.05, 0.1) is 45.9 Å². The van der Waals surface area contributed by atoms with Crippen LogP contribution in [0.4, 0.5) is 11.8 Å². The predicted octanol–water partition coefficient (Wildman–Crippen LogP) is 2.36. The lowest BCUT2D eigenvalue weighted by Gasteiger charge is -2.41. The Hall–Kier alpha value is -1.58. The van der Waals surface area contributed by atoms with Crippen molar-refractivity contribution in [3.63, 3.8) is 0 Å². The van der Waals surface area contributed by atoms with Crippen molar-refractivity contribution in [1.82, 2.24) is 15.0 Å². The molecule has 2 aliphatic heterocycles. The standard InChI is InChI=1S/C20H25N5O2S2/c26-11-20(6-1-7-20)24-17-16-14(5-9-29(16)27)22-19(23-17)25-8-4-13-15(10-25)28-18(21-13)12-2-3-12/h12,26H,1-11H2,(H,22,23,24)/t29-/m0/s1. The highest BCUT2D eigenvalue weighted by Crippen LogP contribution is 2.44. The van der Waals surface area contributed by atoms with Crippen molar-refractivity contribution in [1.29, 1.82) is 0 Å². The zero-order valence-electron chi connectivity index (χ0n) is 16.3. The van der Waals surface area contributed by atoms with E-state index < -0.39 is 10.8 Å². The number of thiazole rings is 1. The summed E-state index contributed by atoms with van der Waals surface area (Å²) in [7, 11) is -1.06. The van der Waals surface area contributed by atoms with Crippen LogP contribution in [0.2, 0.25) is 0 Å². The van der Waals surface area contributed by atoms with Crippen LogP contribution >= 0.6 is 11.3 Å². The molecule has 4 heterocycles. The van der Waals surface area contributed by atoms with E-state index in [0.717, 1.165) is 55.8 Å². The van der Waals surface area contributed by atoms with Gasteiger partial charge in [-0.25, -0.2) is 9.97 Å². The summed E-state index contributed by atoms with van der Waals surface area (Å²) >= 11 is 1.86. The monoisotopic (exact) mass is 431 g/mol. The number of aryl methyl sites for hydroxylation is 1. The van der Waals surface area contributed by atoms with E-state index in [-0.39, 0.29) is 12.1 Å². The molecule has 2 aliphatic carbocycles. The van der Waals surface area contributed by atoms with Crippen LogP contribution in [0.25, 0.3) is 0 Å². The Labute approximate surface area is 176 Å². The number of anilines is 2. The molecule has 0 amide bonds. The van der Waals surface area contributed by atoms with Gasteiger partial charge in [0.1, 0.15) is 10.7 Å². The quantitative estimate of drug-likeness (QED) is 0.751. The molecule has 2 aromatic heterocycles. The Morgan fingerprint density at radius 1 is 1.21 bits per heavy atom. The van der Waals surface area contributed by atoms with Gasteiger partial charge in [-0.15, -0.1) is 11.3 Å². The Morgan fingerprint density at radius 2 is 2.07 bits per heavy atom. The minimum Gasteiger partial charge on any atom is -0.394 e. The highest BCUT2D eigenvalue weighted by molar-refractivity contribution is 7.85. The number of rotatable bonds is 5. The summed E-state index contributed by atoms with van der Waals surface area (Å²) in [6.07, 6.45) is 7.15. The van der Waals surface area contributed by atoms with E-state index in [9.17, 15) is 9.32 Å². The molecule has 9 heteroatoms. The fraction of sp³-hybridized carbons (Fsp3) is 0.650. The van der Waals surface area contributed by atoms with Crippen LogP contribution in [0.3, 0.4) is 0 Å². The molecule has 2 fully saturated rings. The zero-order valence-corrected chi connectivity index (χ0v) is 17.9. The summed E-state index contributed by atoms with van der Waals surface area (Å²) in [5.74, 6) is 2.68. The SMILES string of the molecule is O=[S@]1CCc2nc(N3CCc4nc(C5CC5)sc4C3)nc(NC3(CO)CCC3)c21. The number of aliphatic hydroxyl groups excluding tert-OH is 1. The van der Waals surface area contributed by atoms with Crippen LogP contribution in [0.15, 0.2) is 4.90 Å². The first-order valence-electron chi connectivity index (χ1n) is 10.6. The van der Waals surface area contributed by atoms with Gasteiger partial charge in [0.15, 0.2) is 0 Å². The molecule has 0 unspecified atom stereocenters. The summed E-state index contributed by atoms with van der Waals surface area (Å²) in [6, 6.07) is 0. The minimum atomic E-state index is -1.06. The van der Waals surface area contributed by atoms with Crippen molar-refractivity contribution in [2.75, 3.05) is 29.1 Å². The topological polar surface area (TPSA) is 91.2 Å². The molecule has 0 bridgehead atoms. The number of nitrogens with one attached hydrogen (secondary N) is 1. The van der Waals surface area contributed by atoms with E-state index in [0.29, 0.717) is 23.4 Å². The average Bonchev–Trinajstić information content (AvgIpc) is 3.36. The van der Waals surface area contributed by atoms with E-state index in [1.54, 1.807) is 0 Å². The zero-order chi connectivity index (χ0) is 19.6. The van der Waals surface area contributed by atoms with Gasteiger partial charge < -0.3 is 15.3 Å². The molecular formula is C20H25N5O2S2. The Balaban J connectivity index is 1.33. The summed E-state index contributed by atoms with van der Waals surface area (Å²) in [4.78, 5) is 18.9. The van der Waals surface area contributed by atoms with Gasteiger partial charge >= 0.3 is 0 Å². The van der Waals surface area contributed by atoms with Crippen LogP contribution in [-0.4, -0.2) is 48.7 Å². The number of fused-ring (bicyclic) bond motifs is 2. The molecule has 2 saturated carbocycles. The maximum atomic E-state index is 12.6. The van der Waals surface area contributed by atoms with Crippen LogP contribution in [0, 0.1) is 0 Å². The van der Waals surface area contributed by atoms with Gasteiger partial charge in [-0.3, -0.25) is 4.21 Å². The number of aliphatic hydroxyl groups is 1. The van der Waals surface area contributed by atoms with Gasteiger partial charge in [0, 0.05) is 35.9 Å². The Kier molecular flexibility index (Phi) is 4.22. The fourth-order valence-electron chi connectivity index (χ4n) is 4.48. The van der Waals surface area contributed by atoms with E-state index in [2.05, 4.69) is 10.2 Å². The molecule has 2 N–H and O–H groups in total. The smallest absolute Gasteiger partial charge is 0.227 e. The molecular weight excluding hydrogens is 406 g/mol.